The highest BCUT2D eigenvalue weighted by molar-refractivity contribution is 8.28. The van der Waals surface area contributed by atoms with Crippen molar-refractivity contribution in [1.82, 2.24) is 0 Å². The molecule has 3 heteroatoms. The first kappa shape index (κ1) is 13.4. The van der Waals surface area contributed by atoms with E-state index in [1.165, 1.54) is 15.7 Å². The van der Waals surface area contributed by atoms with Crippen molar-refractivity contribution in [2.24, 2.45) is 4.99 Å². The second-order valence-electron chi connectivity index (χ2n) is 5.23. The van der Waals surface area contributed by atoms with Crippen molar-refractivity contribution >= 4 is 41.1 Å². The predicted molar refractivity (Wildman–Crippen MR) is 87.0 cm³/mol. The normalized spacial score (nSPS) is 12.4. The number of aliphatic imine (C=N–C) groups is 1. The van der Waals surface area contributed by atoms with Crippen LogP contribution in [0.3, 0.4) is 0 Å². The fourth-order valence-corrected chi connectivity index (χ4v) is 5.57. The first-order chi connectivity index (χ1) is 8.51. The molecule has 0 atom stereocenters. The standard InChI is InChI=1S/C15H19NSSi/c1-5-16-13-10-6-8-12-9-7-11-14(15(12)13)17-18(2,3)4/h5-11H,1-4H3. The van der Waals surface area contributed by atoms with Crippen molar-refractivity contribution in [1.29, 1.82) is 0 Å². The number of fused-ring (bicyclic) bond motifs is 1. The Balaban J connectivity index is 2.66. The lowest BCUT2D eigenvalue weighted by Crippen LogP contribution is -2.13. The second kappa shape index (κ2) is 5.29. The Morgan fingerprint density at radius 3 is 2.33 bits per heavy atom. The van der Waals surface area contributed by atoms with Crippen molar-refractivity contribution in [3.63, 3.8) is 0 Å². The lowest BCUT2D eigenvalue weighted by atomic mass is 10.1. The van der Waals surface area contributed by atoms with E-state index in [4.69, 9.17) is 0 Å². The van der Waals surface area contributed by atoms with Gasteiger partial charge in [0.15, 0.2) is 0 Å². The average molecular weight is 273 g/mol. The highest BCUT2D eigenvalue weighted by atomic mass is 32.4. The highest BCUT2D eigenvalue weighted by Crippen LogP contribution is 2.38. The summed E-state index contributed by atoms with van der Waals surface area (Å²) in [4.78, 5) is 5.87. The summed E-state index contributed by atoms with van der Waals surface area (Å²) in [7, 11) is -1.20. The molecule has 0 unspecified atom stereocenters. The molecule has 0 fully saturated rings. The second-order valence-corrected chi connectivity index (χ2v) is 14.4. The summed E-state index contributed by atoms with van der Waals surface area (Å²) in [6.45, 7) is 9.10. The molecule has 0 N–H and O–H groups in total. The van der Waals surface area contributed by atoms with Crippen LogP contribution >= 0.6 is 11.2 Å². The van der Waals surface area contributed by atoms with E-state index < -0.39 is 7.22 Å². The molecule has 0 spiro atoms. The van der Waals surface area contributed by atoms with Gasteiger partial charge in [-0.15, -0.1) is 0 Å². The molecule has 2 aromatic rings. The molecule has 0 radical (unpaired) electrons. The molecule has 2 rings (SSSR count). The van der Waals surface area contributed by atoms with Gasteiger partial charge in [0.05, 0.1) is 5.69 Å². The Bertz CT molecular complexity index is 579. The van der Waals surface area contributed by atoms with Crippen LogP contribution in [0.25, 0.3) is 10.8 Å². The molecule has 0 bridgehead atoms. The molecule has 0 aliphatic rings. The van der Waals surface area contributed by atoms with Crippen molar-refractivity contribution in [2.45, 2.75) is 31.5 Å². The zero-order valence-electron chi connectivity index (χ0n) is 11.4. The summed E-state index contributed by atoms with van der Waals surface area (Å²) in [5.41, 5.74) is 1.08. The van der Waals surface area contributed by atoms with Crippen LogP contribution in [-0.2, 0) is 0 Å². The van der Waals surface area contributed by atoms with Crippen LogP contribution in [-0.4, -0.2) is 13.4 Å². The van der Waals surface area contributed by atoms with Crippen molar-refractivity contribution < 1.29 is 0 Å². The molecule has 0 saturated heterocycles. The first-order valence-electron chi connectivity index (χ1n) is 6.21. The Morgan fingerprint density at radius 1 is 1.06 bits per heavy atom. The van der Waals surface area contributed by atoms with E-state index in [0.29, 0.717) is 0 Å². The van der Waals surface area contributed by atoms with E-state index in [9.17, 15) is 0 Å². The third kappa shape index (κ3) is 3.03. The molecule has 2 aromatic carbocycles. The molecule has 18 heavy (non-hydrogen) atoms. The maximum absolute atomic E-state index is 4.50. The van der Waals surface area contributed by atoms with Crippen molar-refractivity contribution in [3.8, 4) is 0 Å². The van der Waals surface area contributed by atoms with Crippen LogP contribution in [0, 0.1) is 0 Å². The number of rotatable bonds is 3. The topological polar surface area (TPSA) is 12.4 Å². The minimum absolute atomic E-state index is 1.08. The van der Waals surface area contributed by atoms with Gasteiger partial charge in [-0.2, -0.15) is 11.2 Å². The zero-order valence-corrected chi connectivity index (χ0v) is 13.2. The SMILES string of the molecule is CC=Nc1cccc2cccc(S[Si](C)(C)C)c12. The van der Waals surface area contributed by atoms with Gasteiger partial charge in [0.1, 0.15) is 7.22 Å². The third-order valence-corrected chi connectivity index (χ3v) is 6.20. The quantitative estimate of drug-likeness (QED) is 0.532. The molecular formula is C15H19NSSi. The summed E-state index contributed by atoms with van der Waals surface area (Å²) >= 11 is 2.04. The van der Waals surface area contributed by atoms with Crippen LogP contribution in [0.1, 0.15) is 6.92 Å². The highest BCUT2D eigenvalue weighted by Gasteiger charge is 2.17. The molecule has 0 aromatic heterocycles. The number of benzene rings is 2. The van der Waals surface area contributed by atoms with Crippen LogP contribution < -0.4 is 0 Å². The maximum atomic E-state index is 4.50. The summed E-state index contributed by atoms with van der Waals surface area (Å²) in [6.07, 6.45) is 1.87. The van der Waals surface area contributed by atoms with Gasteiger partial charge in [-0.3, -0.25) is 4.99 Å². The first-order valence-corrected chi connectivity index (χ1v) is 11.2. The number of nitrogens with zero attached hydrogens (tertiary/aromatic N) is 1. The lowest BCUT2D eigenvalue weighted by molar-refractivity contribution is 1.50. The van der Waals surface area contributed by atoms with Gasteiger partial charge < -0.3 is 0 Å². The van der Waals surface area contributed by atoms with Crippen molar-refractivity contribution in [3.05, 3.63) is 36.4 Å². The molecule has 0 aliphatic heterocycles. The average Bonchev–Trinajstić information content (AvgIpc) is 2.28. The van der Waals surface area contributed by atoms with E-state index in [2.05, 4.69) is 61.0 Å². The van der Waals surface area contributed by atoms with Gasteiger partial charge in [-0.05, 0) is 24.4 Å². The van der Waals surface area contributed by atoms with E-state index in [0.717, 1.165) is 5.69 Å². The molecule has 0 saturated carbocycles. The van der Waals surface area contributed by atoms with Gasteiger partial charge >= 0.3 is 0 Å². The third-order valence-electron chi connectivity index (χ3n) is 2.53. The summed E-state index contributed by atoms with van der Waals surface area (Å²) < 4.78 is 0. The zero-order chi connectivity index (χ0) is 13.2. The van der Waals surface area contributed by atoms with Gasteiger partial charge in [-0.25, -0.2) is 0 Å². The molecule has 0 heterocycles. The summed E-state index contributed by atoms with van der Waals surface area (Å²) in [5, 5.41) is 2.58. The Morgan fingerprint density at radius 2 is 1.72 bits per heavy atom. The predicted octanol–water partition coefficient (Wildman–Crippen LogP) is 5.49. The Labute approximate surface area is 114 Å². The summed E-state index contributed by atoms with van der Waals surface area (Å²) in [6, 6.07) is 12.9. The molecular weight excluding hydrogens is 254 g/mol. The lowest BCUT2D eigenvalue weighted by Gasteiger charge is -2.17. The number of hydrogen-bond donors (Lipinski definition) is 0. The Kier molecular flexibility index (Phi) is 3.93. The van der Waals surface area contributed by atoms with Gasteiger partial charge in [0.25, 0.3) is 0 Å². The Hall–Kier alpha value is -1.06. The minimum atomic E-state index is -1.20. The molecule has 0 aliphatic carbocycles. The van der Waals surface area contributed by atoms with E-state index in [1.807, 2.05) is 24.3 Å². The van der Waals surface area contributed by atoms with Crippen LogP contribution in [0.4, 0.5) is 5.69 Å². The smallest absolute Gasteiger partial charge is 0.114 e. The van der Waals surface area contributed by atoms with Gasteiger partial charge in [0.2, 0.25) is 0 Å². The van der Waals surface area contributed by atoms with Gasteiger partial charge in [0, 0.05) is 16.5 Å². The van der Waals surface area contributed by atoms with Crippen LogP contribution in [0.2, 0.25) is 19.6 Å². The van der Waals surface area contributed by atoms with E-state index >= 15 is 0 Å². The fourth-order valence-electron chi connectivity index (χ4n) is 1.95. The van der Waals surface area contributed by atoms with E-state index in [1.54, 1.807) is 0 Å². The van der Waals surface area contributed by atoms with Crippen molar-refractivity contribution in [2.75, 3.05) is 0 Å². The monoisotopic (exact) mass is 273 g/mol. The molecule has 94 valence electrons. The summed E-state index contributed by atoms with van der Waals surface area (Å²) in [5.74, 6) is 0. The van der Waals surface area contributed by atoms with Crippen LogP contribution in [0.15, 0.2) is 46.3 Å². The largest absolute Gasteiger partial charge is 0.261 e. The molecule has 0 amide bonds. The van der Waals surface area contributed by atoms with Crippen LogP contribution in [0.5, 0.6) is 0 Å². The fraction of sp³-hybridized carbons (Fsp3) is 0.267. The molecule has 1 nitrogen and oxygen atoms in total. The van der Waals surface area contributed by atoms with E-state index in [-0.39, 0.29) is 0 Å². The minimum Gasteiger partial charge on any atom is -0.261 e. The maximum Gasteiger partial charge on any atom is 0.114 e. The van der Waals surface area contributed by atoms with Gasteiger partial charge in [-0.1, -0.05) is 43.9 Å². The number of hydrogen-bond acceptors (Lipinski definition) is 2.